The molecule has 3 aromatic rings. The van der Waals surface area contributed by atoms with Crippen LogP contribution >= 0.6 is 0 Å². The van der Waals surface area contributed by atoms with Crippen molar-refractivity contribution in [2.45, 2.75) is 6.92 Å². The van der Waals surface area contributed by atoms with Crippen molar-refractivity contribution in [2.75, 3.05) is 0 Å². The number of benzene rings is 2. The molecular weight excluding hydrogens is 272 g/mol. The van der Waals surface area contributed by atoms with Gasteiger partial charge in [-0.05, 0) is 11.1 Å². The topological polar surface area (TPSA) is 33.5 Å². The van der Waals surface area contributed by atoms with E-state index in [0.29, 0.717) is 0 Å². The van der Waals surface area contributed by atoms with Crippen LogP contribution in [0.25, 0.3) is 0 Å². The van der Waals surface area contributed by atoms with Crippen molar-refractivity contribution in [3.05, 3.63) is 90.0 Å². The van der Waals surface area contributed by atoms with Crippen molar-refractivity contribution in [3.63, 3.8) is 0 Å². The van der Waals surface area contributed by atoms with Crippen molar-refractivity contribution in [3.8, 4) is 0 Å². The van der Waals surface area contributed by atoms with E-state index >= 15 is 0 Å². The molecule has 22 heavy (non-hydrogen) atoms. The zero-order valence-electron chi connectivity index (χ0n) is 12.4. The highest BCUT2D eigenvalue weighted by Gasteiger charge is 2.07. The SMILES string of the molecule is Cc1c[n+](/N=C/c2ccccc2)cn1/N=C/c1ccccc1. The molecule has 4 heteroatoms. The van der Waals surface area contributed by atoms with Gasteiger partial charge in [-0.1, -0.05) is 70.9 Å². The Balaban J connectivity index is 1.76. The Labute approximate surface area is 129 Å². The molecule has 0 fully saturated rings. The summed E-state index contributed by atoms with van der Waals surface area (Å²) in [6, 6.07) is 20.0. The highest BCUT2D eigenvalue weighted by molar-refractivity contribution is 5.79. The number of aromatic nitrogens is 2. The first kappa shape index (κ1) is 13.9. The molecule has 1 aromatic heterocycles. The van der Waals surface area contributed by atoms with Gasteiger partial charge in [0, 0.05) is 6.92 Å². The first-order valence-corrected chi connectivity index (χ1v) is 7.10. The van der Waals surface area contributed by atoms with Crippen molar-refractivity contribution in [1.82, 2.24) is 4.68 Å². The van der Waals surface area contributed by atoms with Gasteiger partial charge in [0.25, 0.3) is 6.33 Å². The van der Waals surface area contributed by atoms with Crippen LogP contribution in [0.1, 0.15) is 16.8 Å². The highest BCUT2D eigenvalue weighted by Crippen LogP contribution is 1.98. The van der Waals surface area contributed by atoms with Gasteiger partial charge in [-0.25, -0.2) is 0 Å². The number of hydrogen-bond donors (Lipinski definition) is 0. The van der Waals surface area contributed by atoms with E-state index in [-0.39, 0.29) is 0 Å². The van der Waals surface area contributed by atoms with E-state index in [1.165, 1.54) is 0 Å². The number of imidazole rings is 1. The number of hydrogen-bond acceptors (Lipinski definition) is 2. The highest BCUT2D eigenvalue weighted by atomic mass is 15.5. The lowest BCUT2D eigenvalue weighted by atomic mass is 10.2. The fraction of sp³-hybridized carbons (Fsp3) is 0.0556. The van der Waals surface area contributed by atoms with E-state index in [4.69, 9.17) is 0 Å². The van der Waals surface area contributed by atoms with Crippen molar-refractivity contribution in [1.29, 1.82) is 0 Å². The summed E-state index contributed by atoms with van der Waals surface area (Å²) in [6.07, 6.45) is 7.43. The lowest BCUT2D eigenvalue weighted by Gasteiger charge is -1.89. The second-order valence-corrected chi connectivity index (χ2v) is 4.92. The lowest BCUT2D eigenvalue weighted by Crippen LogP contribution is -2.24. The fourth-order valence-corrected chi connectivity index (χ4v) is 2.01. The van der Waals surface area contributed by atoms with E-state index in [1.807, 2.05) is 92.5 Å². The number of rotatable bonds is 4. The first-order valence-electron chi connectivity index (χ1n) is 7.10. The molecule has 0 aliphatic rings. The van der Waals surface area contributed by atoms with Gasteiger partial charge in [0.2, 0.25) is 0 Å². The maximum atomic E-state index is 4.45. The second kappa shape index (κ2) is 6.63. The molecular formula is C18H17N4+. The molecule has 0 saturated heterocycles. The average Bonchev–Trinajstić information content (AvgIpc) is 2.93. The van der Waals surface area contributed by atoms with Gasteiger partial charge in [0.15, 0.2) is 11.9 Å². The largest absolute Gasteiger partial charge is 0.295 e. The summed E-state index contributed by atoms with van der Waals surface area (Å²) in [5, 5.41) is 8.86. The summed E-state index contributed by atoms with van der Waals surface area (Å²) in [5.74, 6) is 0. The molecule has 0 spiro atoms. The Morgan fingerprint density at radius 2 is 1.45 bits per heavy atom. The lowest BCUT2D eigenvalue weighted by molar-refractivity contribution is -0.677. The minimum Gasteiger partial charge on any atom is -0.105 e. The normalized spacial score (nSPS) is 11.5. The monoisotopic (exact) mass is 289 g/mol. The Morgan fingerprint density at radius 1 is 0.864 bits per heavy atom. The zero-order chi connectivity index (χ0) is 15.2. The van der Waals surface area contributed by atoms with Crippen LogP contribution in [0.3, 0.4) is 0 Å². The number of nitrogens with zero attached hydrogens (tertiary/aromatic N) is 4. The third-order valence-corrected chi connectivity index (χ3v) is 3.18. The maximum absolute atomic E-state index is 4.45. The van der Waals surface area contributed by atoms with Gasteiger partial charge in [-0.3, -0.25) is 0 Å². The summed E-state index contributed by atoms with van der Waals surface area (Å²) >= 11 is 0. The molecule has 0 bridgehead atoms. The van der Waals surface area contributed by atoms with Crippen LogP contribution in [0.15, 0.2) is 83.4 Å². The van der Waals surface area contributed by atoms with Crippen LogP contribution in [0.2, 0.25) is 0 Å². The van der Waals surface area contributed by atoms with Crippen LogP contribution in [0.4, 0.5) is 0 Å². The van der Waals surface area contributed by atoms with E-state index in [2.05, 4.69) is 10.2 Å². The first-order chi connectivity index (χ1) is 10.8. The van der Waals surface area contributed by atoms with Gasteiger partial charge < -0.3 is 0 Å². The van der Waals surface area contributed by atoms with Crippen LogP contribution < -0.4 is 4.68 Å². The predicted octanol–water partition coefficient (Wildman–Crippen LogP) is 2.85. The molecule has 108 valence electrons. The minimum atomic E-state index is 1.01. The van der Waals surface area contributed by atoms with Gasteiger partial charge in [0.1, 0.15) is 0 Å². The van der Waals surface area contributed by atoms with Crippen LogP contribution in [0, 0.1) is 6.92 Å². The van der Waals surface area contributed by atoms with Crippen LogP contribution in [0.5, 0.6) is 0 Å². The van der Waals surface area contributed by atoms with Crippen LogP contribution in [-0.2, 0) is 0 Å². The van der Waals surface area contributed by atoms with E-state index in [0.717, 1.165) is 16.8 Å². The fourth-order valence-electron chi connectivity index (χ4n) is 2.01. The molecule has 4 nitrogen and oxygen atoms in total. The van der Waals surface area contributed by atoms with Crippen molar-refractivity contribution < 1.29 is 4.68 Å². The quantitative estimate of drug-likeness (QED) is 0.523. The third-order valence-electron chi connectivity index (χ3n) is 3.18. The third kappa shape index (κ3) is 3.55. The van der Waals surface area contributed by atoms with Crippen molar-refractivity contribution in [2.24, 2.45) is 10.2 Å². The van der Waals surface area contributed by atoms with Crippen LogP contribution in [-0.4, -0.2) is 17.1 Å². The molecule has 0 aliphatic heterocycles. The molecule has 0 atom stereocenters. The van der Waals surface area contributed by atoms with E-state index in [1.54, 1.807) is 9.35 Å². The summed E-state index contributed by atoms with van der Waals surface area (Å²) in [5.41, 5.74) is 3.14. The summed E-state index contributed by atoms with van der Waals surface area (Å²) in [4.78, 5) is 0. The molecule has 1 heterocycles. The Morgan fingerprint density at radius 3 is 2.09 bits per heavy atom. The molecule has 0 N–H and O–H groups in total. The Hall–Kier alpha value is -3.01. The Bertz CT molecular complexity index is 786. The summed E-state index contributed by atoms with van der Waals surface area (Å²) in [6.45, 7) is 2.00. The smallest absolute Gasteiger partial charge is 0.105 e. The van der Waals surface area contributed by atoms with Gasteiger partial charge in [-0.2, -0.15) is 0 Å². The summed E-state index contributed by atoms with van der Waals surface area (Å²) in [7, 11) is 0. The molecule has 0 unspecified atom stereocenters. The maximum Gasteiger partial charge on any atom is 0.295 e. The number of aryl methyl sites for hydroxylation is 1. The Kier molecular flexibility index (Phi) is 4.20. The summed E-state index contributed by atoms with van der Waals surface area (Å²) < 4.78 is 3.56. The molecule has 3 rings (SSSR count). The van der Waals surface area contributed by atoms with Crippen molar-refractivity contribution >= 4 is 12.4 Å². The molecule has 2 aromatic carbocycles. The molecule has 0 saturated carbocycles. The molecule has 0 radical (unpaired) electrons. The predicted molar refractivity (Wildman–Crippen MR) is 88.2 cm³/mol. The minimum absolute atomic E-state index is 1.01. The van der Waals surface area contributed by atoms with E-state index < -0.39 is 0 Å². The van der Waals surface area contributed by atoms with Gasteiger partial charge in [0.05, 0.1) is 12.4 Å². The van der Waals surface area contributed by atoms with E-state index in [9.17, 15) is 0 Å². The molecule has 0 amide bonds. The average molecular weight is 289 g/mol. The van der Waals surface area contributed by atoms with Gasteiger partial charge in [-0.15, -0.1) is 9.35 Å². The van der Waals surface area contributed by atoms with Gasteiger partial charge >= 0.3 is 0 Å². The molecule has 0 aliphatic carbocycles. The standard InChI is InChI=1S/C18H17N4/c1-16-14-21(19-12-17-8-4-2-5-9-17)15-22(16)20-13-18-10-6-3-7-11-18/h2-15H,1H3/q+1/b19-12+,20-13+. The zero-order valence-corrected chi connectivity index (χ0v) is 12.4. The second-order valence-electron chi connectivity index (χ2n) is 4.92.